The number of morpholine rings is 1. The van der Waals surface area contributed by atoms with Crippen molar-refractivity contribution in [3.8, 4) is 0 Å². The van der Waals surface area contributed by atoms with Gasteiger partial charge < -0.3 is 24.4 Å². The van der Waals surface area contributed by atoms with Crippen LogP contribution in [0.5, 0.6) is 0 Å². The number of ether oxygens (including phenoxy) is 1. The maximum atomic E-state index is 12.5. The highest BCUT2D eigenvalue weighted by molar-refractivity contribution is 5.92. The van der Waals surface area contributed by atoms with Gasteiger partial charge >= 0.3 is 0 Å². The smallest absolute Gasteiger partial charge is 0.270 e. The number of carbonyl (C=O) groups excluding carboxylic acids is 2. The molecular weight excluding hydrogens is 320 g/mol. The number of rotatable bonds is 4. The van der Waals surface area contributed by atoms with E-state index in [0.717, 1.165) is 19.4 Å². The molecule has 0 radical (unpaired) electrons. The van der Waals surface area contributed by atoms with Gasteiger partial charge in [0.15, 0.2) is 0 Å². The zero-order chi connectivity index (χ0) is 18.0. The molecule has 138 valence electrons. The Morgan fingerprint density at radius 2 is 2.12 bits per heavy atom. The minimum absolute atomic E-state index is 0.0245. The molecule has 2 amide bonds. The van der Waals surface area contributed by atoms with E-state index in [2.05, 4.69) is 16.8 Å². The number of amides is 2. The van der Waals surface area contributed by atoms with Gasteiger partial charge in [0, 0.05) is 32.4 Å². The number of nitrogens with zero attached hydrogens (tertiary/aromatic N) is 3. The number of aromatic nitrogens is 1. The molecule has 1 spiro atoms. The number of H-pyrrole nitrogens is 1. The van der Waals surface area contributed by atoms with E-state index < -0.39 is 0 Å². The molecule has 1 N–H and O–H groups in total. The minimum Gasteiger partial charge on any atom is -0.363 e. The molecule has 25 heavy (non-hydrogen) atoms. The molecule has 2 fully saturated rings. The van der Waals surface area contributed by atoms with Crippen molar-refractivity contribution in [3.05, 3.63) is 24.0 Å². The molecule has 0 bridgehead atoms. The van der Waals surface area contributed by atoms with E-state index in [9.17, 15) is 9.59 Å². The third kappa shape index (κ3) is 3.57. The Labute approximate surface area is 148 Å². The lowest BCUT2D eigenvalue weighted by molar-refractivity contribution is -0.185. The molecule has 1 atom stereocenters. The number of nitrogens with one attached hydrogen (secondary N) is 1. The molecule has 1 aromatic rings. The maximum absolute atomic E-state index is 12.5. The van der Waals surface area contributed by atoms with Gasteiger partial charge in [0.1, 0.15) is 12.3 Å². The standard InChI is InChI=1S/C18H28N4O3/c1-14-18(25-13-16(23)22(14)12-11-20(2)3)6-9-21(10-7-18)17(24)15-5-4-8-19-15/h4-5,8,14,19H,6-7,9-13H2,1-3H3. The first kappa shape index (κ1) is 17.9. The Hall–Kier alpha value is -1.86. The van der Waals surface area contributed by atoms with Crippen molar-refractivity contribution in [3.63, 3.8) is 0 Å². The van der Waals surface area contributed by atoms with Crippen LogP contribution in [0.1, 0.15) is 30.3 Å². The Bertz CT molecular complexity index is 606. The quantitative estimate of drug-likeness (QED) is 0.874. The highest BCUT2D eigenvalue weighted by Gasteiger charge is 2.48. The number of piperidine rings is 1. The summed E-state index contributed by atoms with van der Waals surface area (Å²) in [6.07, 6.45) is 3.28. The first-order chi connectivity index (χ1) is 11.9. The van der Waals surface area contributed by atoms with Gasteiger partial charge in [-0.2, -0.15) is 0 Å². The van der Waals surface area contributed by atoms with Crippen LogP contribution in [0.25, 0.3) is 0 Å². The Morgan fingerprint density at radius 3 is 2.72 bits per heavy atom. The summed E-state index contributed by atoms with van der Waals surface area (Å²) in [6.45, 7) is 5.07. The Morgan fingerprint density at radius 1 is 1.40 bits per heavy atom. The van der Waals surface area contributed by atoms with Crippen LogP contribution >= 0.6 is 0 Å². The van der Waals surface area contributed by atoms with Crippen LogP contribution in [0.4, 0.5) is 0 Å². The van der Waals surface area contributed by atoms with Crippen molar-refractivity contribution in [2.75, 3.05) is 46.9 Å². The van der Waals surface area contributed by atoms with Crippen molar-refractivity contribution in [2.24, 2.45) is 0 Å². The maximum Gasteiger partial charge on any atom is 0.270 e. The number of hydrogen-bond acceptors (Lipinski definition) is 4. The molecule has 0 aliphatic carbocycles. The van der Waals surface area contributed by atoms with Crippen molar-refractivity contribution < 1.29 is 14.3 Å². The van der Waals surface area contributed by atoms with Gasteiger partial charge in [-0.3, -0.25) is 9.59 Å². The van der Waals surface area contributed by atoms with Crippen molar-refractivity contribution in [1.29, 1.82) is 0 Å². The van der Waals surface area contributed by atoms with E-state index in [-0.39, 0.29) is 30.1 Å². The summed E-state index contributed by atoms with van der Waals surface area (Å²) in [5.41, 5.74) is 0.281. The van der Waals surface area contributed by atoms with Crippen LogP contribution in [-0.4, -0.2) is 90.0 Å². The van der Waals surface area contributed by atoms with E-state index in [1.165, 1.54) is 0 Å². The van der Waals surface area contributed by atoms with Gasteiger partial charge in [-0.05, 0) is 46.0 Å². The van der Waals surface area contributed by atoms with Gasteiger partial charge in [0.2, 0.25) is 5.91 Å². The second-order valence-electron chi connectivity index (χ2n) is 7.30. The number of hydrogen-bond donors (Lipinski definition) is 1. The average Bonchev–Trinajstić information content (AvgIpc) is 3.13. The molecule has 1 aromatic heterocycles. The lowest BCUT2D eigenvalue weighted by Crippen LogP contribution is -2.64. The molecule has 3 heterocycles. The SMILES string of the molecule is CC1N(CCN(C)C)C(=O)COC12CCN(C(=O)c1ccc[nH]1)CC2. The van der Waals surface area contributed by atoms with E-state index in [1.54, 1.807) is 12.3 Å². The highest BCUT2D eigenvalue weighted by atomic mass is 16.5. The second kappa shape index (κ2) is 7.17. The summed E-state index contributed by atoms with van der Waals surface area (Å²) in [5, 5.41) is 0. The van der Waals surface area contributed by atoms with Crippen LogP contribution in [0.2, 0.25) is 0 Å². The summed E-state index contributed by atoms with van der Waals surface area (Å²) in [4.78, 5) is 33.7. The number of aromatic amines is 1. The van der Waals surface area contributed by atoms with E-state index >= 15 is 0 Å². The second-order valence-corrected chi connectivity index (χ2v) is 7.30. The van der Waals surface area contributed by atoms with Gasteiger partial charge in [-0.25, -0.2) is 0 Å². The molecule has 7 heteroatoms. The topological polar surface area (TPSA) is 68.9 Å². The summed E-state index contributed by atoms with van der Waals surface area (Å²) < 4.78 is 6.04. The molecule has 2 saturated heterocycles. The van der Waals surface area contributed by atoms with Crippen LogP contribution in [0, 0.1) is 0 Å². The van der Waals surface area contributed by atoms with Gasteiger partial charge in [-0.15, -0.1) is 0 Å². The highest BCUT2D eigenvalue weighted by Crippen LogP contribution is 2.35. The van der Waals surface area contributed by atoms with Crippen molar-refractivity contribution in [2.45, 2.75) is 31.4 Å². The van der Waals surface area contributed by atoms with Crippen LogP contribution < -0.4 is 0 Å². The summed E-state index contributed by atoms with van der Waals surface area (Å²) in [5.74, 6) is 0.0914. The number of likely N-dealkylation sites (tertiary alicyclic amines) is 1. The Balaban J connectivity index is 1.65. The minimum atomic E-state index is -0.341. The first-order valence-electron chi connectivity index (χ1n) is 8.94. The largest absolute Gasteiger partial charge is 0.363 e. The molecular formula is C18H28N4O3. The zero-order valence-corrected chi connectivity index (χ0v) is 15.3. The van der Waals surface area contributed by atoms with Crippen LogP contribution in [0.15, 0.2) is 18.3 Å². The molecule has 2 aliphatic rings. The normalized spacial score (nSPS) is 23.5. The summed E-state index contributed by atoms with van der Waals surface area (Å²) in [6, 6.07) is 3.66. The average molecular weight is 348 g/mol. The lowest BCUT2D eigenvalue weighted by atomic mass is 9.82. The Kier molecular flexibility index (Phi) is 5.15. The molecule has 0 aromatic carbocycles. The third-order valence-corrected chi connectivity index (χ3v) is 5.55. The van der Waals surface area contributed by atoms with Gasteiger partial charge in [0.25, 0.3) is 5.91 Å². The number of carbonyl (C=O) groups is 2. The van der Waals surface area contributed by atoms with Crippen molar-refractivity contribution in [1.82, 2.24) is 19.7 Å². The molecule has 0 saturated carbocycles. The first-order valence-corrected chi connectivity index (χ1v) is 8.94. The molecule has 7 nitrogen and oxygen atoms in total. The van der Waals surface area contributed by atoms with E-state index in [0.29, 0.717) is 25.3 Å². The monoisotopic (exact) mass is 348 g/mol. The predicted molar refractivity (Wildman–Crippen MR) is 94.3 cm³/mol. The third-order valence-electron chi connectivity index (χ3n) is 5.55. The molecule has 3 rings (SSSR count). The van der Waals surface area contributed by atoms with Crippen LogP contribution in [-0.2, 0) is 9.53 Å². The fourth-order valence-electron chi connectivity index (χ4n) is 3.82. The molecule has 2 aliphatic heterocycles. The van der Waals surface area contributed by atoms with E-state index in [4.69, 9.17) is 4.74 Å². The van der Waals surface area contributed by atoms with Crippen LogP contribution in [0.3, 0.4) is 0 Å². The zero-order valence-electron chi connectivity index (χ0n) is 15.3. The number of likely N-dealkylation sites (N-methyl/N-ethyl adjacent to an activating group) is 1. The fraction of sp³-hybridized carbons (Fsp3) is 0.667. The van der Waals surface area contributed by atoms with Crippen molar-refractivity contribution >= 4 is 11.8 Å². The molecule has 1 unspecified atom stereocenters. The predicted octanol–water partition coefficient (Wildman–Crippen LogP) is 0.798. The summed E-state index contributed by atoms with van der Waals surface area (Å²) >= 11 is 0. The van der Waals surface area contributed by atoms with Gasteiger partial charge in [-0.1, -0.05) is 0 Å². The van der Waals surface area contributed by atoms with Gasteiger partial charge in [0.05, 0.1) is 11.6 Å². The summed E-state index contributed by atoms with van der Waals surface area (Å²) in [7, 11) is 4.02. The van der Waals surface area contributed by atoms with E-state index in [1.807, 2.05) is 30.0 Å². The lowest BCUT2D eigenvalue weighted by Gasteiger charge is -2.51. The fourth-order valence-corrected chi connectivity index (χ4v) is 3.82.